The van der Waals surface area contributed by atoms with Crippen molar-refractivity contribution in [2.45, 2.75) is 32.4 Å². The Balaban J connectivity index is 1.78. The SMILES string of the molecule is CC(C)c1ccc(C2C(C(=O)c3cccs3)=C(O)C(=O)N2Cc2ccccc2)cc1. The molecular formula is C25H23NO3S. The van der Waals surface area contributed by atoms with Crippen LogP contribution in [0, 0.1) is 0 Å². The van der Waals surface area contributed by atoms with Gasteiger partial charge >= 0.3 is 0 Å². The third-order valence-corrected chi connectivity index (χ3v) is 6.28. The Morgan fingerprint density at radius 1 is 1.03 bits per heavy atom. The summed E-state index contributed by atoms with van der Waals surface area (Å²) in [5, 5.41) is 12.5. The van der Waals surface area contributed by atoms with Crippen LogP contribution in [0.4, 0.5) is 0 Å². The van der Waals surface area contributed by atoms with Gasteiger partial charge in [0.2, 0.25) is 5.78 Å². The molecule has 0 fully saturated rings. The molecule has 4 nitrogen and oxygen atoms in total. The van der Waals surface area contributed by atoms with Crippen molar-refractivity contribution in [2.75, 3.05) is 0 Å². The second-order valence-electron chi connectivity index (χ2n) is 7.71. The zero-order chi connectivity index (χ0) is 21.3. The van der Waals surface area contributed by atoms with E-state index in [4.69, 9.17) is 0 Å². The standard InChI is InChI=1S/C25H23NO3S/c1-16(2)18-10-12-19(13-11-18)22-21(23(27)20-9-6-14-30-20)24(28)25(29)26(22)15-17-7-4-3-5-8-17/h3-14,16,22,28H,15H2,1-2H3. The Kier molecular flexibility index (Phi) is 5.55. The van der Waals surface area contributed by atoms with E-state index in [9.17, 15) is 14.7 Å². The van der Waals surface area contributed by atoms with Gasteiger partial charge < -0.3 is 10.0 Å². The molecule has 2 aromatic carbocycles. The van der Waals surface area contributed by atoms with Gasteiger partial charge in [-0.3, -0.25) is 9.59 Å². The normalized spacial score (nSPS) is 16.6. The highest BCUT2D eigenvalue weighted by Crippen LogP contribution is 2.40. The number of carbonyl (C=O) groups excluding carboxylic acids is 2. The van der Waals surface area contributed by atoms with Crippen LogP contribution in [0.25, 0.3) is 0 Å². The number of carbonyl (C=O) groups is 2. The first-order valence-corrected chi connectivity index (χ1v) is 10.8. The lowest BCUT2D eigenvalue weighted by Crippen LogP contribution is -2.30. The molecule has 4 rings (SSSR count). The molecule has 1 unspecified atom stereocenters. The summed E-state index contributed by atoms with van der Waals surface area (Å²) in [6.07, 6.45) is 0. The third kappa shape index (κ3) is 3.68. The van der Waals surface area contributed by atoms with Crippen LogP contribution in [0.3, 0.4) is 0 Å². The number of aliphatic hydroxyl groups excluding tert-OH is 1. The van der Waals surface area contributed by atoms with E-state index in [0.29, 0.717) is 17.3 Å². The van der Waals surface area contributed by atoms with Crippen LogP contribution < -0.4 is 0 Å². The lowest BCUT2D eigenvalue weighted by molar-refractivity contribution is -0.130. The average molecular weight is 418 g/mol. The largest absolute Gasteiger partial charge is 0.503 e. The van der Waals surface area contributed by atoms with E-state index in [1.807, 2.05) is 60.0 Å². The number of Topliss-reactive ketones (excluding diaryl/α,β-unsaturated/α-hetero) is 1. The summed E-state index contributed by atoms with van der Waals surface area (Å²) in [6, 6.07) is 20.4. The number of nitrogens with zero attached hydrogens (tertiary/aromatic N) is 1. The Labute approximate surface area is 180 Å². The van der Waals surface area contributed by atoms with Gasteiger partial charge in [-0.2, -0.15) is 0 Å². The van der Waals surface area contributed by atoms with Crippen molar-refractivity contribution >= 4 is 23.0 Å². The Bertz CT molecular complexity index is 1080. The summed E-state index contributed by atoms with van der Waals surface area (Å²) in [7, 11) is 0. The second-order valence-corrected chi connectivity index (χ2v) is 8.66. The Morgan fingerprint density at radius 3 is 2.33 bits per heavy atom. The molecule has 1 aliphatic rings. The zero-order valence-corrected chi connectivity index (χ0v) is 17.7. The van der Waals surface area contributed by atoms with Gasteiger partial charge in [0.25, 0.3) is 5.91 Å². The molecule has 0 bridgehead atoms. The molecule has 2 heterocycles. The summed E-state index contributed by atoms with van der Waals surface area (Å²) in [5.41, 5.74) is 3.08. The average Bonchev–Trinajstić information content (AvgIpc) is 3.37. The maximum Gasteiger partial charge on any atom is 0.290 e. The highest BCUT2D eigenvalue weighted by atomic mass is 32.1. The van der Waals surface area contributed by atoms with E-state index >= 15 is 0 Å². The molecule has 5 heteroatoms. The van der Waals surface area contributed by atoms with E-state index < -0.39 is 17.7 Å². The Hall–Kier alpha value is -3.18. The predicted octanol–water partition coefficient (Wildman–Crippen LogP) is 5.65. The minimum atomic E-state index is -0.631. The molecule has 3 aromatic rings. The lowest BCUT2D eigenvalue weighted by atomic mass is 9.93. The van der Waals surface area contributed by atoms with Crippen LogP contribution in [-0.4, -0.2) is 21.7 Å². The van der Waals surface area contributed by atoms with Crippen LogP contribution in [-0.2, 0) is 11.3 Å². The molecule has 1 amide bonds. The van der Waals surface area contributed by atoms with E-state index in [2.05, 4.69) is 13.8 Å². The minimum absolute atomic E-state index is 0.149. The van der Waals surface area contributed by atoms with Crippen molar-refractivity contribution in [1.29, 1.82) is 0 Å². The van der Waals surface area contributed by atoms with Gasteiger partial charge in [-0.15, -0.1) is 11.3 Å². The van der Waals surface area contributed by atoms with E-state index in [1.165, 1.54) is 16.9 Å². The molecule has 1 atom stereocenters. The summed E-state index contributed by atoms with van der Waals surface area (Å²) >= 11 is 1.31. The predicted molar refractivity (Wildman–Crippen MR) is 119 cm³/mol. The van der Waals surface area contributed by atoms with Gasteiger partial charge in [0.1, 0.15) is 0 Å². The van der Waals surface area contributed by atoms with Gasteiger partial charge in [0.15, 0.2) is 5.76 Å². The number of rotatable bonds is 6. The first kappa shape index (κ1) is 20.1. The monoisotopic (exact) mass is 417 g/mol. The van der Waals surface area contributed by atoms with E-state index in [1.54, 1.807) is 17.0 Å². The van der Waals surface area contributed by atoms with E-state index in [0.717, 1.165) is 11.1 Å². The van der Waals surface area contributed by atoms with Gasteiger partial charge in [0, 0.05) is 6.54 Å². The molecule has 0 radical (unpaired) electrons. The third-order valence-electron chi connectivity index (χ3n) is 5.41. The van der Waals surface area contributed by atoms with Crippen molar-refractivity contribution in [1.82, 2.24) is 4.90 Å². The molecule has 0 saturated carbocycles. The quantitative estimate of drug-likeness (QED) is 0.527. The van der Waals surface area contributed by atoms with Crippen molar-refractivity contribution in [3.8, 4) is 0 Å². The fourth-order valence-electron chi connectivity index (χ4n) is 3.78. The van der Waals surface area contributed by atoms with Crippen molar-refractivity contribution in [2.24, 2.45) is 0 Å². The smallest absolute Gasteiger partial charge is 0.290 e. The van der Waals surface area contributed by atoms with E-state index in [-0.39, 0.29) is 11.4 Å². The van der Waals surface area contributed by atoms with Crippen molar-refractivity contribution in [3.05, 3.63) is 105 Å². The van der Waals surface area contributed by atoms with Crippen LogP contribution in [0.1, 0.15) is 52.2 Å². The Morgan fingerprint density at radius 2 is 1.73 bits per heavy atom. The number of hydrogen-bond donors (Lipinski definition) is 1. The molecule has 1 aromatic heterocycles. The zero-order valence-electron chi connectivity index (χ0n) is 16.9. The molecule has 152 valence electrons. The minimum Gasteiger partial charge on any atom is -0.503 e. The number of hydrogen-bond acceptors (Lipinski definition) is 4. The van der Waals surface area contributed by atoms with Gasteiger partial charge in [-0.1, -0.05) is 74.5 Å². The maximum absolute atomic E-state index is 13.2. The second kappa shape index (κ2) is 8.28. The topological polar surface area (TPSA) is 57.6 Å². The first-order valence-electron chi connectivity index (χ1n) is 9.93. The summed E-state index contributed by atoms with van der Waals surface area (Å²) in [5.74, 6) is -0.899. The summed E-state index contributed by atoms with van der Waals surface area (Å²) in [6.45, 7) is 4.54. The van der Waals surface area contributed by atoms with Gasteiger partial charge in [0.05, 0.1) is 16.5 Å². The lowest BCUT2D eigenvalue weighted by Gasteiger charge is -2.27. The van der Waals surface area contributed by atoms with Gasteiger partial charge in [-0.05, 0) is 34.1 Å². The summed E-state index contributed by atoms with van der Waals surface area (Å²) in [4.78, 5) is 28.3. The van der Waals surface area contributed by atoms with Crippen LogP contribution >= 0.6 is 11.3 Å². The van der Waals surface area contributed by atoms with Gasteiger partial charge in [-0.25, -0.2) is 0 Å². The number of benzene rings is 2. The molecule has 30 heavy (non-hydrogen) atoms. The maximum atomic E-state index is 13.2. The molecular weight excluding hydrogens is 394 g/mol. The molecule has 0 aliphatic carbocycles. The molecule has 0 saturated heterocycles. The first-order chi connectivity index (χ1) is 14.5. The molecule has 1 N–H and O–H groups in total. The van der Waals surface area contributed by atoms with Crippen LogP contribution in [0.5, 0.6) is 0 Å². The number of aliphatic hydroxyl groups is 1. The summed E-state index contributed by atoms with van der Waals surface area (Å²) < 4.78 is 0. The van der Waals surface area contributed by atoms with Crippen LogP contribution in [0.2, 0.25) is 0 Å². The fraction of sp³-hybridized carbons (Fsp3) is 0.200. The number of amides is 1. The number of ketones is 1. The highest BCUT2D eigenvalue weighted by Gasteiger charge is 2.43. The van der Waals surface area contributed by atoms with Crippen molar-refractivity contribution < 1.29 is 14.7 Å². The molecule has 0 spiro atoms. The van der Waals surface area contributed by atoms with Crippen LogP contribution in [0.15, 0.2) is 83.4 Å². The highest BCUT2D eigenvalue weighted by molar-refractivity contribution is 7.12. The van der Waals surface area contributed by atoms with Crippen molar-refractivity contribution in [3.63, 3.8) is 0 Å². The fourth-order valence-corrected chi connectivity index (χ4v) is 4.46. The number of thiophene rings is 1. The molecule has 1 aliphatic heterocycles.